The van der Waals surface area contributed by atoms with Crippen LogP contribution in [0.2, 0.25) is 5.15 Å². The van der Waals surface area contributed by atoms with Gasteiger partial charge in [0.2, 0.25) is 0 Å². The molecule has 0 spiro atoms. The second-order valence-electron chi connectivity index (χ2n) is 6.02. The zero-order valence-electron chi connectivity index (χ0n) is 13.7. The maximum atomic E-state index is 12.7. The lowest BCUT2D eigenvalue weighted by Gasteiger charge is -2.17. The number of benzene rings is 1. The Morgan fingerprint density at radius 2 is 2.21 bits per heavy atom. The molecule has 24 heavy (non-hydrogen) atoms. The number of aromatic nitrogens is 1. The summed E-state index contributed by atoms with van der Waals surface area (Å²) in [5, 5.41) is 1.38. The smallest absolute Gasteiger partial charge is 0.253 e. The van der Waals surface area contributed by atoms with Crippen LogP contribution in [0.5, 0.6) is 0 Å². The zero-order chi connectivity index (χ0) is 16.9. The fourth-order valence-electron chi connectivity index (χ4n) is 2.96. The average molecular weight is 349 g/mol. The fraction of sp³-hybridized carbons (Fsp3) is 0.444. The van der Waals surface area contributed by atoms with Crippen molar-refractivity contribution >= 4 is 28.4 Å². The van der Waals surface area contributed by atoms with Crippen LogP contribution in [0, 0.1) is 5.92 Å². The SMILES string of the molecule is COCCOC[C@H]1CCN(C(=O)c2ccc3nc(Cl)ccc3c2)C1. The number of likely N-dealkylation sites (tertiary alicyclic amines) is 1. The third kappa shape index (κ3) is 4.04. The highest BCUT2D eigenvalue weighted by Gasteiger charge is 2.27. The molecule has 1 aliphatic rings. The van der Waals surface area contributed by atoms with Gasteiger partial charge in [-0.25, -0.2) is 4.98 Å². The first kappa shape index (κ1) is 17.1. The van der Waals surface area contributed by atoms with E-state index in [0.29, 0.717) is 36.5 Å². The molecule has 1 fully saturated rings. The van der Waals surface area contributed by atoms with E-state index in [1.165, 1.54) is 0 Å². The number of amides is 1. The Kier molecular flexibility index (Phi) is 5.66. The highest BCUT2D eigenvalue weighted by atomic mass is 35.5. The second kappa shape index (κ2) is 7.92. The Morgan fingerprint density at radius 1 is 1.33 bits per heavy atom. The molecule has 2 aromatic rings. The lowest BCUT2D eigenvalue weighted by atomic mass is 10.1. The Balaban J connectivity index is 1.61. The first-order valence-corrected chi connectivity index (χ1v) is 8.47. The van der Waals surface area contributed by atoms with Gasteiger partial charge in [0.05, 0.1) is 25.3 Å². The minimum Gasteiger partial charge on any atom is -0.382 e. The van der Waals surface area contributed by atoms with Crippen LogP contribution < -0.4 is 0 Å². The van der Waals surface area contributed by atoms with Gasteiger partial charge in [0, 0.05) is 37.1 Å². The van der Waals surface area contributed by atoms with E-state index in [-0.39, 0.29) is 5.91 Å². The van der Waals surface area contributed by atoms with Crippen LogP contribution in [-0.2, 0) is 9.47 Å². The Morgan fingerprint density at radius 3 is 3.04 bits per heavy atom. The Labute approximate surface area is 146 Å². The summed E-state index contributed by atoms with van der Waals surface area (Å²) in [5.74, 6) is 0.456. The van der Waals surface area contributed by atoms with Crippen molar-refractivity contribution in [1.82, 2.24) is 9.88 Å². The number of methoxy groups -OCH3 is 1. The molecule has 0 aliphatic carbocycles. The van der Waals surface area contributed by atoms with Gasteiger partial charge in [-0.1, -0.05) is 11.6 Å². The fourth-order valence-corrected chi connectivity index (χ4v) is 3.12. The van der Waals surface area contributed by atoms with E-state index in [0.717, 1.165) is 30.4 Å². The van der Waals surface area contributed by atoms with E-state index in [2.05, 4.69) is 4.98 Å². The van der Waals surface area contributed by atoms with E-state index in [4.69, 9.17) is 21.1 Å². The number of halogens is 1. The number of carbonyl (C=O) groups is 1. The van der Waals surface area contributed by atoms with Crippen LogP contribution in [0.15, 0.2) is 30.3 Å². The van der Waals surface area contributed by atoms with Gasteiger partial charge < -0.3 is 14.4 Å². The van der Waals surface area contributed by atoms with Crippen LogP contribution >= 0.6 is 11.6 Å². The molecule has 0 bridgehead atoms. The van der Waals surface area contributed by atoms with Crippen molar-refractivity contribution in [3.8, 4) is 0 Å². The van der Waals surface area contributed by atoms with Gasteiger partial charge in [-0.2, -0.15) is 0 Å². The number of hydrogen-bond acceptors (Lipinski definition) is 4. The van der Waals surface area contributed by atoms with Crippen molar-refractivity contribution in [3.63, 3.8) is 0 Å². The molecule has 0 saturated carbocycles. The maximum absolute atomic E-state index is 12.7. The normalized spacial score (nSPS) is 17.6. The largest absolute Gasteiger partial charge is 0.382 e. The van der Waals surface area contributed by atoms with Gasteiger partial charge in [-0.15, -0.1) is 0 Å². The van der Waals surface area contributed by atoms with Crippen molar-refractivity contribution < 1.29 is 14.3 Å². The quantitative estimate of drug-likeness (QED) is 0.595. The highest BCUT2D eigenvalue weighted by Crippen LogP contribution is 2.22. The molecule has 1 amide bonds. The number of ether oxygens (including phenoxy) is 2. The number of nitrogens with zero attached hydrogens (tertiary/aromatic N) is 2. The number of rotatable bonds is 6. The van der Waals surface area contributed by atoms with Crippen molar-refractivity contribution in [3.05, 3.63) is 41.0 Å². The van der Waals surface area contributed by atoms with Crippen molar-refractivity contribution in [2.45, 2.75) is 6.42 Å². The lowest BCUT2D eigenvalue weighted by Crippen LogP contribution is -2.29. The monoisotopic (exact) mass is 348 g/mol. The molecule has 0 N–H and O–H groups in total. The van der Waals surface area contributed by atoms with Gasteiger partial charge in [-0.3, -0.25) is 4.79 Å². The summed E-state index contributed by atoms with van der Waals surface area (Å²) in [6, 6.07) is 9.16. The van der Waals surface area contributed by atoms with Crippen LogP contribution in [0.4, 0.5) is 0 Å². The molecule has 1 aromatic carbocycles. The molecule has 2 heterocycles. The third-order valence-corrected chi connectivity index (χ3v) is 4.47. The molecule has 5 nitrogen and oxygen atoms in total. The van der Waals surface area contributed by atoms with Gasteiger partial charge in [0.1, 0.15) is 5.15 Å². The molecule has 0 unspecified atom stereocenters. The van der Waals surface area contributed by atoms with Gasteiger partial charge in [0.15, 0.2) is 0 Å². The van der Waals surface area contributed by atoms with E-state index < -0.39 is 0 Å². The first-order chi connectivity index (χ1) is 11.7. The molecule has 128 valence electrons. The molecule has 1 atom stereocenters. The van der Waals surface area contributed by atoms with Gasteiger partial charge in [-0.05, 0) is 36.8 Å². The molecule has 6 heteroatoms. The average Bonchev–Trinajstić information content (AvgIpc) is 3.06. The molecule has 3 rings (SSSR count). The van der Waals surface area contributed by atoms with Gasteiger partial charge >= 0.3 is 0 Å². The number of fused-ring (bicyclic) bond motifs is 1. The summed E-state index contributed by atoms with van der Waals surface area (Å²) in [5.41, 5.74) is 1.48. The summed E-state index contributed by atoms with van der Waals surface area (Å²) in [4.78, 5) is 18.8. The van der Waals surface area contributed by atoms with Crippen LogP contribution in [0.3, 0.4) is 0 Å². The first-order valence-electron chi connectivity index (χ1n) is 8.09. The molecule has 1 aliphatic heterocycles. The zero-order valence-corrected chi connectivity index (χ0v) is 14.5. The van der Waals surface area contributed by atoms with E-state index in [9.17, 15) is 4.79 Å². The molecular formula is C18H21ClN2O3. The number of carbonyl (C=O) groups excluding carboxylic acids is 1. The predicted octanol–water partition coefficient (Wildman–Crippen LogP) is 3.01. The second-order valence-corrected chi connectivity index (χ2v) is 6.40. The minimum atomic E-state index is 0.0613. The van der Waals surface area contributed by atoms with Crippen molar-refractivity contribution in [2.75, 3.05) is 40.0 Å². The molecule has 1 saturated heterocycles. The van der Waals surface area contributed by atoms with E-state index >= 15 is 0 Å². The third-order valence-electron chi connectivity index (χ3n) is 4.26. The van der Waals surface area contributed by atoms with Crippen LogP contribution in [0.1, 0.15) is 16.8 Å². The summed E-state index contributed by atoms with van der Waals surface area (Å²) in [7, 11) is 1.66. The summed E-state index contributed by atoms with van der Waals surface area (Å²) in [6.07, 6.45) is 0.976. The minimum absolute atomic E-state index is 0.0613. The van der Waals surface area contributed by atoms with Crippen LogP contribution in [-0.4, -0.2) is 55.8 Å². The van der Waals surface area contributed by atoms with Gasteiger partial charge in [0.25, 0.3) is 5.91 Å². The predicted molar refractivity (Wildman–Crippen MR) is 93.5 cm³/mol. The topological polar surface area (TPSA) is 51.7 Å². The highest BCUT2D eigenvalue weighted by molar-refractivity contribution is 6.29. The Hall–Kier alpha value is -1.69. The van der Waals surface area contributed by atoms with Crippen molar-refractivity contribution in [2.24, 2.45) is 5.92 Å². The molecular weight excluding hydrogens is 328 g/mol. The summed E-state index contributed by atoms with van der Waals surface area (Å²) < 4.78 is 10.5. The summed E-state index contributed by atoms with van der Waals surface area (Å²) >= 11 is 5.90. The standard InChI is InChI=1S/C18H21ClN2O3/c1-23-8-9-24-12-13-6-7-21(11-13)18(22)15-2-4-16-14(10-15)3-5-17(19)20-16/h2-5,10,13H,6-9,11-12H2,1H3/t13-/m0/s1. The van der Waals surface area contributed by atoms with E-state index in [1.54, 1.807) is 13.2 Å². The van der Waals surface area contributed by atoms with E-state index in [1.807, 2.05) is 29.2 Å². The maximum Gasteiger partial charge on any atom is 0.253 e. The number of hydrogen-bond donors (Lipinski definition) is 0. The lowest BCUT2D eigenvalue weighted by molar-refractivity contribution is 0.0515. The molecule has 1 aromatic heterocycles. The Bertz CT molecular complexity index is 722. The molecule has 0 radical (unpaired) electrons. The number of pyridine rings is 1. The van der Waals surface area contributed by atoms with Crippen molar-refractivity contribution in [1.29, 1.82) is 0 Å². The summed E-state index contributed by atoms with van der Waals surface area (Å²) in [6.45, 7) is 3.38. The van der Waals surface area contributed by atoms with Crippen LogP contribution in [0.25, 0.3) is 10.9 Å².